The highest BCUT2D eigenvalue weighted by molar-refractivity contribution is 7.16. The van der Waals surface area contributed by atoms with Crippen molar-refractivity contribution in [2.45, 2.75) is 6.42 Å². The SMILES string of the molecule is Nc1ccccc1Cc1ccc(Cl)s1. The molecule has 0 radical (unpaired) electrons. The topological polar surface area (TPSA) is 26.0 Å². The normalized spacial score (nSPS) is 10.4. The van der Waals surface area contributed by atoms with Crippen LogP contribution in [-0.2, 0) is 6.42 Å². The quantitative estimate of drug-likeness (QED) is 0.774. The highest BCUT2D eigenvalue weighted by Crippen LogP contribution is 2.25. The molecule has 3 heteroatoms. The van der Waals surface area contributed by atoms with E-state index < -0.39 is 0 Å². The van der Waals surface area contributed by atoms with Crippen LogP contribution in [-0.4, -0.2) is 0 Å². The van der Waals surface area contributed by atoms with Crippen molar-refractivity contribution in [3.8, 4) is 0 Å². The largest absolute Gasteiger partial charge is 0.398 e. The summed E-state index contributed by atoms with van der Waals surface area (Å²) in [4.78, 5) is 1.24. The predicted octanol–water partition coefficient (Wildman–Crippen LogP) is 3.57. The Hall–Kier alpha value is -0.990. The first-order chi connectivity index (χ1) is 6.75. The number of hydrogen-bond acceptors (Lipinski definition) is 2. The minimum atomic E-state index is 0.828. The molecule has 0 saturated carbocycles. The lowest BCUT2D eigenvalue weighted by atomic mass is 10.1. The molecule has 0 bridgehead atoms. The molecule has 0 atom stereocenters. The minimum Gasteiger partial charge on any atom is -0.398 e. The monoisotopic (exact) mass is 223 g/mol. The minimum absolute atomic E-state index is 0.828. The van der Waals surface area contributed by atoms with Crippen LogP contribution >= 0.6 is 22.9 Å². The number of nitrogen functional groups attached to an aromatic ring is 1. The first-order valence-electron chi connectivity index (χ1n) is 4.33. The Morgan fingerprint density at radius 1 is 1.14 bits per heavy atom. The van der Waals surface area contributed by atoms with Gasteiger partial charge >= 0.3 is 0 Å². The van der Waals surface area contributed by atoms with Gasteiger partial charge in [0.15, 0.2) is 0 Å². The lowest BCUT2D eigenvalue weighted by molar-refractivity contribution is 1.25. The third-order valence-corrected chi connectivity index (χ3v) is 3.28. The Morgan fingerprint density at radius 2 is 1.93 bits per heavy atom. The maximum Gasteiger partial charge on any atom is 0.0931 e. The van der Waals surface area contributed by atoms with Gasteiger partial charge in [-0.15, -0.1) is 11.3 Å². The molecule has 0 aliphatic rings. The predicted molar refractivity (Wildman–Crippen MR) is 63.0 cm³/mol. The Balaban J connectivity index is 2.23. The molecule has 1 nitrogen and oxygen atoms in total. The van der Waals surface area contributed by atoms with Gasteiger partial charge in [-0.3, -0.25) is 0 Å². The van der Waals surface area contributed by atoms with Gasteiger partial charge in [-0.1, -0.05) is 29.8 Å². The number of anilines is 1. The highest BCUT2D eigenvalue weighted by Gasteiger charge is 2.02. The molecule has 2 aromatic rings. The maximum atomic E-state index is 5.85. The van der Waals surface area contributed by atoms with Crippen LogP contribution < -0.4 is 5.73 Å². The Bertz CT molecular complexity index is 436. The maximum absolute atomic E-state index is 5.85. The molecule has 0 spiro atoms. The van der Waals surface area contributed by atoms with Crippen LogP contribution in [0, 0.1) is 0 Å². The fraction of sp³-hybridized carbons (Fsp3) is 0.0909. The van der Waals surface area contributed by atoms with Crippen LogP contribution in [0.4, 0.5) is 5.69 Å². The second-order valence-corrected chi connectivity index (χ2v) is 4.88. The van der Waals surface area contributed by atoms with Crippen molar-refractivity contribution in [1.29, 1.82) is 0 Å². The number of hydrogen-bond donors (Lipinski definition) is 1. The summed E-state index contributed by atoms with van der Waals surface area (Å²) >= 11 is 7.45. The fourth-order valence-corrected chi connectivity index (χ4v) is 2.44. The molecule has 72 valence electrons. The molecule has 1 aromatic heterocycles. The molecule has 1 aromatic carbocycles. The molecule has 2 rings (SSSR count). The first-order valence-corrected chi connectivity index (χ1v) is 5.53. The van der Waals surface area contributed by atoms with Crippen molar-refractivity contribution in [3.05, 3.63) is 51.2 Å². The van der Waals surface area contributed by atoms with Crippen LogP contribution in [0.1, 0.15) is 10.4 Å². The van der Waals surface area contributed by atoms with E-state index in [4.69, 9.17) is 17.3 Å². The van der Waals surface area contributed by atoms with E-state index in [1.54, 1.807) is 11.3 Å². The van der Waals surface area contributed by atoms with Crippen LogP contribution in [0.2, 0.25) is 4.34 Å². The summed E-state index contributed by atoms with van der Waals surface area (Å²) < 4.78 is 0.828. The average molecular weight is 224 g/mol. The van der Waals surface area contributed by atoms with Gasteiger partial charge in [0, 0.05) is 17.0 Å². The van der Waals surface area contributed by atoms with E-state index in [0.29, 0.717) is 0 Å². The van der Waals surface area contributed by atoms with E-state index in [1.807, 2.05) is 36.4 Å². The van der Waals surface area contributed by atoms with Gasteiger partial charge < -0.3 is 5.73 Å². The molecule has 0 fully saturated rings. The van der Waals surface area contributed by atoms with Crippen LogP contribution in [0.5, 0.6) is 0 Å². The summed E-state index contributed by atoms with van der Waals surface area (Å²) in [6.07, 6.45) is 0.865. The van der Waals surface area contributed by atoms with Gasteiger partial charge in [0.25, 0.3) is 0 Å². The number of para-hydroxylation sites is 1. The molecule has 0 aliphatic carbocycles. The molecule has 0 unspecified atom stereocenters. The highest BCUT2D eigenvalue weighted by atomic mass is 35.5. The summed E-state index contributed by atoms with van der Waals surface area (Å²) in [5.41, 5.74) is 7.85. The zero-order valence-electron chi connectivity index (χ0n) is 7.53. The van der Waals surface area contributed by atoms with Crippen LogP contribution in [0.15, 0.2) is 36.4 Å². The molecule has 0 aliphatic heterocycles. The summed E-state index contributed by atoms with van der Waals surface area (Å²) in [6, 6.07) is 11.9. The van der Waals surface area contributed by atoms with Crippen LogP contribution in [0.25, 0.3) is 0 Å². The van der Waals surface area contributed by atoms with Crippen molar-refractivity contribution < 1.29 is 0 Å². The standard InChI is InChI=1S/C11H10ClNS/c12-11-6-5-9(14-11)7-8-3-1-2-4-10(8)13/h1-6H,7,13H2. The van der Waals surface area contributed by atoms with Crippen molar-refractivity contribution in [2.75, 3.05) is 5.73 Å². The van der Waals surface area contributed by atoms with Crippen molar-refractivity contribution in [3.63, 3.8) is 0 Å². The van der Waals surface area contributed by atoms with E-state index in [-0.39, 0.29) is 0 Å². The molecule has 0 saturated heterocycles. The zero-order chi connectivity index (χ0) is 9.97. The summed E-state index contributed by atoms with van der Waals surface area (Å²) in [5.74, 6) is 0. The van der Waals surface area contributed by atoms with E-state index in [0.717, 1.165) is 22.0 Å². The number of thiophene rings is 1. The number of benzene rings is 1. The Labute approximate surface area is 92.1 Å². The van der Waals surface area contributed by atoms with Crippen molar-refractivity contribution in [1.82, 2.24) is 0 Å². The van der Waals surface area contributed by atoms with Gasteiger partial charge in [0.1, 0.15) is 0 Å². The molecule has 1 heterocycles. The number of nitrogens with two attached hydrogens (primary N) is 1. The molecule has 14 heavy (non-hydrogen) atoms. The van der Waals surface area contributed by atoms with Gasteiger partial charge in [-0.2, -0.15) is 0 Å². The van der Waals surface area contributed by atoms with E-state index in [2.05, 4.69) is 0 Å². The third kappa shape index (κ3) is 2.08. The lowest BCUT2D eigenvalue weighted by Gasteiger charge is -2.02. The number of rotatable bonds is 2. The van der Waals surface area contributed by atoms with Gasteiger partial charge in [-0.05, 0) is 23.8 Å². The molecule has 2 N–H and O–H groups in total. The fourth-order valence-electron chi connectivity index (χ4n) is 1.33. The number of halogens is 1. The Kier molecular flexibility index (Phi) is 2.75. The van der Waals surface area contributed by atoms with Crippen molar-refractivity contribution in [2.24, 2.45) is 0 Å². The Morgan fingerprint density at radius 3 is 2.57 bits per heavy atom. The third-order valence-electron chi connectivity index (χ3n) is 2.05. The first kappa shape index (κ1) is 9.56. The lowest BCUT2D eigenvalue weighted by Crippen LogP contribution is -1.93. The molecule has 0 amide bonds. The second-order valence-electron chi connectivity index (χ2n) is 3.08. The summed E-state index contributed by atoms with van der Waals surface area (Å²) in [7, 11) is 0. The van der Waals surface area contributed by atoms with E-state index >= 15 is 0 Å². The summed E-state index contributed by atoms with van der Waals surface area (Å²) in [5, 5.41) is 0. The van der Waals surface area contributed by atoms with Crippen LogP contribution in [0.3, 0.4) is 0 Å². The van der Waals surface area contributed by atoms with Gasteiger partial charge in [-0.25, -0.2) is 0 Å². The smallest absolute Gasteiger partial charge is 0.0931 e. The molecular weight excluding hydrogens is 214 g/mol. The van der Waals surface area contributed by atoms with E-state index in [9.17, 15) is 0 Å². The summed E-state index contributed by atoms with van der Waals surface area (Å²) in [6.45, 7) is 0. The second kappa shape index (κ2) is 4.03. The average Bonchev–Trinajstić information content (AvgIpc) is 2.56. The van der Waals surface area contributed by atoms with Gasteiger partial charge in [0.2, 0.25) is 0 Å². The van der Waals surface area contributed by atoms with E-state index in [1.165, 1.54) is 4.88 Å². The van der Waals surface area contributed by atoms with Crippen molar-refractivity contribution >= 4 is 28.6 Å². The van der Waals surface area contributed by atoms with Gasteiger partial charge in [0.05, 0.1) is 4.34 Å². The molecular formula is C11H10ClNS. The zero-order valence-corrected chi connectivity index (χ0v) is 9.11.